The van der Waals surface area contributed by atoms with E-state index in [4.69, 9.17) is 9.72 Å². The summed E-state index contributed by atoms with van der Waals surface area (Å²) in [7, 11) is 2.28. The third-order valence-corrected chi connectivity index (χ3v) is 6.11. The SMILES string of the molecule is CN1CCCC2CN(c3cncc(OC4CCCCC4)n3)CCC21. The second kappa shape index (κ2) is 7.26. The zero-order valence-electron chi connectivity index (χ0n) is 14.9. The summed E-state index contributed by atoms with van der Waals surface area (Å²) in [6, 6.07) is 0.754. The average molecular weight is 330 g/mol. The maximum atomic E-state index is 6.10. The van der Waals surface area contributed by atoms with E-state index in [0.717, 1.165) is 43.7 Å². The summed E-state index contributed by atoms with van der Waals surface area (Å²) in [5.74, 6) is 2.47. The number of anilines is 1. The van der Waals surface area contributed by atoms with Gasteiger partial charge in [0.05, 0.1) is 12.4 Å². The predicted octanol–water partition coefficient (Wildman–Crippen LogP) is 3.11. The van der Waals surface area contributed by atoms with E-state index < -0.39 is 0 Å². The molecule has 1 aromatic rings. The molecule has 3 aliphatic rings. The Labute approximate surface area is 145 Å². The summed E-state index contributed by atoms with van der Waals surface area (Å²) in [6.07, 6.45) is 14.1. The fraction of sp³-hybridized carbons (Fsp3) is 0.789. The number of ether oxygens (including phenoxy) is 1. The van der Waals surface area contributed by atoms with Gasteiger partial charge in [-0.15, -0.1) is 0 Å². The first-order valence-electron chi connectivity index (χ1n) is 9.73. The molecule has 132 valence electrons. The van der Waals surface area contributed by atoms with Gasteiger partial charge in [0.25, 0.3) is 0 Å². The van der Waals surface area contributed by atoms with Gasteiger partial charge in [0.1, 0.15) is 6.10 Å². The molecule has 2 aliphatic heterocycles. The van der Waals surface area contributed by atoms with Gasteiger partial charge < -0.3 is 14.5 Å². The van der Waals surface area contributed by atoms with Gasteiger partial charge in [0.2, 0.25) is 5.88 Å². The molecule has 2 atom stereocenters. The zero-order valence-corrected chi connectivity index (χ0v) is 14.9. The molecular formula is C19H30N4O. The van der Waals surface area contributed by atoms with E-state index >= 15 is 0 Å². The molecule has 24 heavy (non-hydrogen) atoms. The number of rotatable bonds is 3. The lowest BCUT2D eigenvalue weighted by molar-refractivity contribution is 0.102. The minimum atomic E-state index is 0.334. The van der Waals surface area contributed by atoms with Crippen molar-refractivity contribution in [1.82, 2.24) is 14.9 Å². The van der Waals surface area contributed by atoms with Crippen molar-refractivity contribution < 1.29 is 4.74 Å². The Morgan fingerprint density at radius 1 is 1.00 bits per heavy atom. The van der Waals surface area contributed by atoms with E-state index in [1.54, 1.807) is 6.20 Å². The molecular weight excluding hydrogens is 300 g/mol. The highest BCUT2D eigenvalue weighted by Gasteiger charge is 2.34. The van der Waals surface area contributed by atoms with Gasteiger partial charge in [0.15, 0.2) is 5.82 Å². The fourth-order valence-electron chi connectivity index (χ4n) is 4.76. The van der Waals surface area contributed by atoms with E-state index in [1.807, 2.05) is 6.20 Å². The maximum Gasteiger partial charge on any atom is 0.234 e. The van der Waals surface area contributed by atoms with Crippen LogP contribution in [-0.2, 0) is 0 Å². The molecule has 0 bridgehead atoms. The summed E-state index contributed by atoms with van der Waals surface area (Å²) < 4.78 is 6.10. The van der Waals surface area contributed by atoms with E-state index in [1.165, 1.54) is 45.1 Å². The molecule has 0 spiro atoms. The molecule has 4 rings (SSSR count). The highest BCUT2D eigenvalue weighted by Crippen LogP contribution is 2.31. The Morgan fingerprint density at radius 2 is 1.88 bits per heavy atom. The van der Waals surface area contributed by atoms with Gasteiger partial charge in [-0.2, -0.15) is 4.98 Å². The van der Waals surface area contributed by atoms with Crippen LogP contribution >= 0.6 is 0 Å². The average Bonchev–Trinajstić information content (AvgIpc) is 2.63. The molecule has 3 heterocycles. The molecule has 5 heteroatoms. The minimum Gasteiger partial charge on any atom is -0.473 e. The quantitative estimate of drug-likeness (QED) is 0.852. The van der Waals surface area contributed by atoms with Crippen molar-refractivity contribution in [3.63, 3.8) is 0 Å². The summed E-state index contributed by atoms with van der Waals surface area (Å²) >= 11 is 0. The third-order valence-electron chi connectivity index (χ3n) is 6.11. The number of nitrogens with zero attached hydrogens (tertiary/aromatic N) is 4. The van der Waals surface area contributed by atoms with Crippen molar-refractivity contribution in [2.45, 2.75) is 63.5 Å². The minimum absolute atomic E-state index is 0.334. The molecule has 5 nitrogen and oxygen atoms in total. The zero-order chi connectivity index (χ0) is 16.4. The molecule has 0 radical (unpaired) electrons. The van der Waals surface area contributed by atoms with Crippen molar-refractivity contribution in [3.05, 3.63) is 12.4 Å². The number of fused-ring (bicyclic) bond motifs is 1. The normalized spacial score (nSPS) is 29.3. The second-order valence-electron chi connectivity index (χ2n) is 7.78. The van der Waals surface area contributed by atoms with Crippen molar-refractivity contribution >= 4 is 5.82 Å². The Kier molecular flexibility index (Phi) is 4.88. The Morgan fingerprint density at radius 3 is 2.75 bits per heavy atom. The van der Waals surface area contributed by atoms with Crippen LogP contribution in [0.25, 0.3) is 0 Å². The van der Waals surface area contributed by atoms with Gasteiger partial charge in [-0.25, -0.2) is 0 Å². The lowest BCUT2D eigenvalue weighted by Gasteiger charge is -2.46. The predicted molar refractivity (Wildman–Crippen MR) is 95.5 cm³/mol. The first-order chi connectivity index (χ1) is 11.8. The summed E-state index contributed by atoms with van der Waals surface area (Å²) in [5, 5.41) is 0. The smallest absolute Gasteiger partial charge is 0.234 e. The number of piperidine rings is 2. The maximum absolute atomic E-state index is 6.10. The molecule has 1 saturated carbocycles. The highest BCUT2D eigenvalue weighted by atomic mass is 16.5. The first kappa shape index (κ1) is 16.1. The molecule has 1 aliphatic carbocycles. The van der Waals surface area contributed by atoms with Crippen molar-refractivity contribution in [3.8, 4) is 5.88 Å². The van der Waals surface area contributed by atoms with Gasteiger partial charge in [-0.05, 0) is 64.5 Å². The molecule has 0 amide bonds. The van der Waals surface area contributed by atoms with Crippen LogP contribution in [0.1, 0.15) is 51.4 Å². The molecule has 2 unspecified atom stereocenters. The van der Waals surface area contributed by atoms with Gasteiger partial charge in [-0.3, -0.25) is 4.98 Å². The summed E-state index contributed by atoms with van der Waals surface area (Å²) in [5.41, 5.74) is 0. The second-order valence-corrected chi connectivity index (χ2v) is 7.78. The van der Waals surface area contributed by atoms with Crippen molar-refractivity contribution in [2.24, 2.45) is 5.92 Å². The van der Waals surface area contributed by atoms with Gasteiger partial charge in [0, 0.05) is 19.1 Å². The Hall–Kier alpha value is -1.36. The lowest BCUT2D eigenvalue weighted by atomic mass is 9.84. The van der Waals surface area contributed by atoms with Crippen molar-refractivity contribution in [2.75, 3.05) is 31.6 Å². The highest BCUT2D eigenvalue weighted by molar-refractivity contribution is 5.38. The topological polar surface area (TPSA) is 41.5 Å². The number of likely N-dealkylation sites (tertiary alicyclic amines) is 1. The van der Waals surface area contributed by atoms with Crippen molar-refractivity contribution in [1.29, 1.82) is 0 Å². The number of hydrogen-bond donors (Lipinski definition) is 0. The molecule has 0 aromatic carbocycles. The molecule has 1 aromatic heterocycles. The van der Waals surface area contributed by atoms with Crippen LogP contribution in [0.3, 0.4) is 0 Å². The van der Waals surface area contributed by atoms with Crippen LogP contribution in [0.5, 0.6) is 5.88 Å². The molecule has 0 N–H and O–H groups in total. The van der Waals surface area contributed by atoms with E-state index in [2.05, 4.69) is 21.8 Å². The standard InChI is InChI=1S/C19H30N4O/c1-22-10-5-6-15-14-23(11-9-17(15)22)18-12-20-13-19(21-18)24-16-7-3-2-4-8-16/h12-13,15-17H,2-11,14H2,1H3. The van der Waals surface area contributed by atoms with Gasteiger partial charge >= 0.3 is 0 Å². The third kappa shape index (κ3) is 3.51. The van der Waals surface area contributed by atoms with Crippen LogP contribution in [0, 0.1) is 5.92 Å². The van der Waals surface area contributed by atoms with Crippen LogP contribution < -0.4 is 9.64 Å². The van der Waals surface area contributed by atoms with E-state index in [-0.39, 0.29) is 0 Å². The Balaban J connectivity index is 1.41. The van der Waals surface area contributed by atoms with Gasteiger partial charge in [-0.1, -0.05) is 6.42 Å². The Bertz CT molecular complexity index is 546. The first-order valence-corrected chi connectivity index (χ1v) is 9.73. The van der Waals surface area contributed by atoms with Crippen LogP contribution in [0.15, 0.2) is 12.4 Å². The fourth-order valence-corrected chi connectivity index (χ4v) is 4.76. The summed E-state index contributed by atoms with van der Waals surface area (Å²) in [4.78, 5) is 14.2. The number of aromatic nitrogens is 2. The largest absolute Gasteiger partial charge is 0.473 e. The lowest BCUT2D eigenvalue weighted by Crippen LogP contribution is -2.52. The van der Waals surface area contributed by atoms with E-state index in [9.17, 15) is 0 Å². The number of hydrogen-bond acceptors (Lipinski definition) is 5. The van der Waals surface area contributed by atoms with E-state index in [0.29, 0.717) is 12.0 Å². The summed E-state index contributed by atoms with van der Waals surface area (Å²) in [6.45, 7) is 3.44. The molecule has 2 saturated heterocycles. The van der Waals surface area contributed by atoms with Crippen LogP contribution in [-0.4, -0.2) is 53.7 Å². The molecule has 3 fully saturated rings. The van der Waals surface area contributed by atoms with Crippen LogP contribution in [0.4, 0.5) is 5.82 Å². The monoisotopic (exact) mass is 330 g/mol. The van der Waals surface area contributed by atoms with Crippen LogP contribution in [0.2, 0.25) is 0 Å².